The van der Waals surface area contributed by atoms with E-state index in [1.54, 1.807) is 0 Å². The molecule has 2 unspecified atom stereocenters. The van der Waals surface area contributed by atoms with Crippen molar-refractivity contribution in [2.75, 3.05) is 13.2 Å². The minimum absolute atomic E-state index is 0.128. The molecule has 0 radical (unpaired) electrons. The van der Waals surface area contributed by atoms with Gasteiger partial charge in [0.05, 0.1) is 17.2 Å². The first kappa shape index (κ1) is 14.5. The van der Waals surface area contributed by atoms with Crippen LogP contribution < -0.4 is 5.32 Å². The number of benzene rings is 1. The predicted octanol–water partition coefficient (Wildman–Crippen LogP) is 3.84. The van der Waals surface area contributed by atoms with Crippen LogP contribution >= 0.6 is 0 Å². The summed E-state index contributed by atoms with van der Waals surface area (Å²) >= 11 is 0. The van der Waals surface area contributed by atoms with Crippen LogP contribution in [0, 0.1) is 0 Å². The standard InChI is InChI=1S/C18H24N2O/c1-3-19-17(18(2)10-4-5-12-21-18)15-9-8-14-7-6-11-20-16(14)13-15/h6-9,11,13,17,19H,3-5,10,12H2,1-2H3. The average molecular weight is 284 g/mol. The SMILES string of the molecule is CCNC(c1ccc2cccnc2c1)C1(C)CCCCO1. The molecule has 112 valence electrons. The third-order valence-corrected chi connectivity index (χ3v) is 4.48. The molecule has 1 fully saturated rings. The molecule has 0 amide bonds. The van der Waals surface area contributed by atoms with Crippen LogP contribution in [0.25, 0.3) is 10.9 Å². The number of nitrogens with zero attached hydrogens (tertiary/aromatic N) is 1. The molecule has 2 heterocycles. The zero-order valence-corrected chi connectivity index (χ0v) is 12.9. The maximum absolute atomic E-state index is 6.16. The van der Waals surface area contributed by atoms with Gasteiger partial charge in [0, 0.05) is 18.2 Å². The Labute approximate surface area is 126 Å². The lowest BCUT2D eigenvalue weighted by atomic mass is 9.84. The number of nitrogens with one attached hydrogen (secondary N) is 1. The summed E-state index contributed by atoms with van der Waals surface area (Å²) in [6, 6.07) is 10.9. The van der Waals surface area contributed by atoms with E-state index in [1.807, 2.05) is 12.3 Å². The fourth-order valence-electron chi connectivity index (χ4n) is 3.34. The van der Waals surface area contributed by atoms with E-state index in [0.717, 1.165) is 25.1 Å². The maximum atomic E-state index is 6.16. The van der Waals surface area contributed by atoms with E-state index < -0.39 is 0 Å². The number of rotatable bonds is 4. The average Bonchev–Trinajstić information content (AvgIpc) is 2.53. The number of aromatic nitrogens is 1. The number of fused-ring (bicyclic) bond motifs is 1. The molecule has 0 bridgehead atoms. The Bertz CT molecular complexity index is 605. The van der Waals surface area contributed by atoms with E-state index in [0.29, 0.717) is 0 Å². The number of hydrogen-bond donors (Lipinski definition) is 1. The lowest BCUT2D eigenvalue weighted by molar-refractivity contribution is -0.0895. The van der Waals surface area contributed by atoms with E-state index in [4.69, 9.17) is 4.74 Å². The van der Waals surface area contributed by atoms with Gasteiger partial charge in [0.25, 0.3) is 0 Å². The second kappa shape index (κ2) is 6.12. The van der Waals surface area contributed by atoms with Crippen molar-refractivity contribution in [1.82, 2.24) is 10.3 Å². The molecular formula is C18H24N2O. The van der Waals surface area contributed by atoms with Gasteiger partial charge in [0.2, 0.25) is 0 Å². The third kappa shape index (κ3) is 2.94. The minimum Gasteiger partial charge on any atom is -0.373 e. The molecule has 3 nitrogen and oxygen atoms in total. The van der Waals surface area contributed by atoms with Crippen molar-refractivity contribution in [2.45, 2.75) is 44.8 Å². The van der Waals surface area contributed by atoms with Gasteiger partial charge in [-0.1, -0.05) is 25.1 Å². The predicted molar refractivity (Wildman–Crippen MR) is 86.4 cm³/mol. The second-order valence-corrected chi connectivity index (χ2v) is 6.06. The molecule has 0 aliphatic carbocycles. The van der Waals surface area contributed by atoms with Crippen LogP contribution in [0.1, 0.15) is 44.7 Å². The number of likely N-dealkylation sites (N-methyl/N-ethyl adjacent to an activating group) is 1. The Morgan fingerprint density at radius 3 is 3.00 bits per heavy atom. The van der Waals surface area contributed by atoms with Gasteiger partial charge in [0.15, 0.2) is 0 Å². The topological polar surface area (TPSA) is 34.2 Å². The van der Waals surface area contributed by atoms with Gasteiger partial charge >= 0.3 is 0 Å². The maximum Gasteiger partial charge on any atom is 0.0848 e. The summed E-state index contributed by atoms with van der Waals surface area (Å²) in [7, 11) is 0. The van der Waals surface area contributed by atoms with Crippen molar-refractivity contribution < 1.29 is 4.74 Å². The number of ether oxygens (including phenoxy) is 1. The molecule has 0 saturated carbocycles. The lowest BCUT2D eigenvalue weighted by Crippen LogP contribution is -2.45. The molecule has 3 rings (SSSR count). The summed E-state index contributed by atoms with van der Waals surface area (Å²) in [5, 5.41) is 4.81. The van der Waals surface area contributed by atoms with Crippen molar-refractivity contribution in [3.05, 3.63) is 42.1 Å². The molecule has 1 aliphatic rings. The summed E-state index contributed by atoms with van der Waals surface area (Å²) in [6.45, 7) is 6.19. The van der Waals surface area contributed by atoms with Gasteiger partial charge < -0.3 is 10.1 Å². The van der Waals surface area contributed by atoms with Crippen LogP contribution in [0.15, 0.2) is 36.5 Å². The molecule has 1 N–H and O–H groups in total. The summed E-state index contributed by atoms with van der Waals surface area (Å²) < 4.78 is 6.16. The van der Waals surface area contributed by atoms with Crippen molar-refractivity contribution in [3.8, 4) is 0 Å². The van der Waals surface area contributed by atoms with Crippen LogP contribution in [0.2, 0.25) is 0 Å². The normalized spacial score (nSPS) is 24.1. The summed E-state index contributed by atoms with van der Waals surface area (Å²) in [4.78, 5) is 4.48. The van der Waals surface area contributed by atoms with Crippen molar-refractivity contribution >= 4 is 10.9 Å². The van der Waals surface area contributed by atoms with Crippen LogP contribution in [-0.2, 0) is 4.74 Å². The second-order valence-electron chi connectivity index (χ2n) is 6.06. The fourth-order valence-corrected chi connectivity index (χ4v) is 3.34. The molecule has 1 aromatic carbocycles. The first-order valence-electron chi connectivity index (χ1n) is 7.95. The molecule has 21 heavy (non-hydrogen) atoms. The fraction of sp³-hybridized carbons (Fsp3) is 0.500. The van der Waals surface area contributed by atoms with Crippen LogP contribution in [0.3, 0.4) is 0 Å². The highest BCUT2D eigenvalue weighted by Crippen LogP contribution is 2.37. The molecule has 2 atom stereocenters. The van der Waals surface area contributed by atoms with Gasteiger partial charge in [-0.2, -0.15) is 0 Å². The first-order chi connectivity index (χ1) is 10.2. The van der Waals surface area contributed by atoms with Crippen molar-refractivity contribution in [3.63, 3.8) is 0 Å². The van der Waals surface area contributed by atoms with Crippen LogP contribution in [0.4, 0.5) is 0 Å². The van der Waals surface area contributed by atoms with Crippen molar-refractivity contribution in [2.24, 2.45) is 0 Å². The van der Waals surface area contributed by atoms with Crippen LogP contribution in [-0.4, -0.2) is 23.7 Å². The third-order valence-electron chi connectivity index (χ3n) is 4.48. The van der Waals surface area contributed by atoms with Gasteiger partial charge in [-0.25, -0.2) is 0 Å². The molecule has 1 saturated heterocycles. The lowest BCUT2D eigenvalue weighted by Gasteiger charge is -2.41. The monoisotopic (exact) mass is 284 g/mol. The van der Waals surface area contributed by atoms with E-state index in [-0.39, 0.29) is 11.6 Å². The summed E-state index contributed by atoms with van der Waals surface area (Å²) in [6.07, 6.45) is 5.37. The van der Waals surface area contributed by atoms with E-state index in [1.165, 1.54) is 23.8 Å². The highest BCUT2D eigenvalue weighted by atomic mass is 16.5. The minimum atomic E-state index is -0.128. The molecule has 3 heteroatoms. The van der Waals surface area contributed by atoms with E-state index in [2.05, 4.69) is 48.4 Å². The highest BCUT2D eigenvalue weighted by molar-refractivity contribution is 5.79. The van der Waals surface area contributed by atoms with Gasteiger partial charge in [-0.15, -0.1) is 0 Å². The highest BCUT2D eigenvalue weighted by Gasteiger charge is 2.37. The quantitative estimate of drug-likeness (QED) is 0.926. The zero-order valence-electron chi connectivity index (χ0n) is 12.9. The van der Waals surface area contributed by atoms with Gasteiger partial charge in [-0.3, -0.25) is 4.98 Å². The summed E-state index contributed by atoms with van der Waals surface area (Å²) in [5.41, 5.74) is 2.20. The molecule has 0 spiro atoms. The molecular weight excluding hydrogens is 260 g/mol. The number of pyridine rings is 1. The van der Waals surface area contributed by atoms with E-state index >= 15 is 0 Å². The number of hydrogen-bond acceptors (Lipinski definition) is 3. The first-order valence-corrected chi connectivity index (χ1v) is 7.95. The molecule has 1 aromatic heterocycles. The largest absolute Gasteiger partial charge is 0.373 e. The Morgan fingerprint density at radius 2 is 2.24 bits per heavy atom. The smallest absolute Gasteiger partial charge is 0.0848 e. The Balaban J connectivity index is 1.98. The van der Waals surface area contributed by atoms with Crippen molar-refractivity contribution in [1.29, 1.82) is 0 Å². The van der Waals surface area contributed by atoms with Gasteiger partial charge in [-0.05, 0) is 50.4 Å². The Kier molecular flexibility index (Phi) is 4.22. The van der Waals surface area contributed by atoms with Gasteiger partial charge in [0.1, 0.15) is 0 Å². The molecule has 2 aromatic rings. The van der Waals surface area contributed by atoms with E-state index in [9.17, 15) is 0 Å². The van der Waals surface area contributed by atoms with Crippen LogP contribution in [0.5, 0.6) is 0 Å². The Hall–Kier alpha value is -1.45. The summed E-state index contributed by atoms with van der Waals surface area (Å²) in [5.74, 6) is 0. The zero-order chi connectivity index (χ0) is 14.7. The molecule has 1 aliphatic heterocycles. The Morgan fingerprint density at radius 1 is 1.33 bits per heavy atom.